The molecule has 3 rings (SSSR count). The lowest BCUT2D eigenvalue weighted by Crippen LogP contribution is -2.20. The number of pyridine rings is 1. The van der Waals surface area contributed by atoms with Gasteiger partial charge in [0.1, 0.15) is 23.3 Å². The fraction of sp³-hybridized carbons (Fsp3) is 0.150. The first-order valence-electron chi connectivity index (χ1n) is 8.20. The molecule has 0 spiro atoms. The molecule has 0 aliphatic heterocycles. The Morgan fingerprint density at radius 1 is 1.07 bits per heavy atom. The minimum atomic E-state index is -1.04. The molecule has 2 aromatic carbocycles. The lowest BCUT2D eigenvalue weighted by atomic mass is 9.98. The predicted molar refractivity (Wildman–Crippen MR) is 97.8 cm³/mol. The Bertz CT molecular complexity index is 1050. The number of amidine groups is 1. The van der Waals surface area contributed by atoms with Crippen LogP contribution in [0.2, 0.25) is 0 Å². The van der Waals surface area contributed by atoms with Crippen molar-refractivity contribution in [2.45, 2.75) is 13.8 Å². The second kappa shape index (κ2) is 7.19. The van der Waals surface area contributed by atoms with Gasteiger partial charge in [-0.2, -0.15) is 4.99 Å². The van der Waals surface area contributed by atoms with Gasteiger partial charge in [-0.15, -0.1) is 0 Å². The number of aromatic nitrogens is 1. The van der Waals surface area contributed by atoms with E-state index in [0.29, 0.717) is 23.0 Å². The van der Waals surface area contributed by atoms with Gasteiger partial charge >= 0.3 is 0 Å². The second-order valence-electron chi connectivity index (χ2n) is 6.33. The van der Waals surface area contributed by atoms with Gasteiger partial charge in [0, 0.05) is 35.2 Å². The molecule has 0 atom stereocenters. The first-order valence-corrected chi connectivity index (χ1v) is 8.20. The van der Waals surface area contributed by atoms with Gasteiger partial charge in [-0.25, -0.2) is 13.2 Å². The third-order valence-electron chi connectivity index (χ3n) is 4.09. The molecule has 1 heterocycles. The van der Waals surface area contributed by atoms with E-state index < -0.39 is 28.9 Å². The van der Waals surface area contributed by atoms with E-state index in [9.17, 15) is 18.0 Å². The smallest absolute Gasteiger partial charge is 0.278 e. The first-order chi connectivity index (χ1) is 12.8. The Morgan fingerprint density at radius 2 is 1.74 bits per heavy atom. The first kappa shape index (κ1) is 18.6. The minimum absolute atomic E-state index is 0.103. The third-order valence-corrected chi connectivity index (χ3v) is 4.09. The highest BCUT2D eigenvalue weighted by Gasteiger charge is 2.17. The van der Waals surface area contributed by atoms with Crippen LogP contribution in [0.25, 0.3) is 22.0 Å². The summed E-state index contributed by atoms with van der Waals surface area (Å²) in [5, 5.41) is 0.339. The van der Waals surface area contributed by atoms with Gasteiger partial charge in [-0.05, 0) is 29.8 Å². The van der Waals surface area contributed by atoms with Crippen molar-refractivity contribution in [3.05, 3.63) is 65.6 Å². The molecule has 1 amide bonds. The molecule has 0 bridgehead atoms. The monoisotopic (exact) mass is 371 g/mol. The SMILES string of the molecule is CC(C)C(N)=NC(=O)c1ccc2nccc(-c3c(F)cc(F)cc3F)c2c1. The van der Waals surface area contributed by atoms with Crippen molar-refractivity contribution in [3.8, 4) is 11.1 Å². The number of benzene rings is 2. The molecular weight excluding hydrogens is 355 g/mol. The van der Waals surface area contributed by atoms with Crippen LogP contribution in [-0.2, 0) is 0 Å². The van der Waals surface area contributed by atoms with E-state index in [2.05, 4.69) is 9.98 Å². The van der Waals surface area contributed by atoms with Crippen LogP contribution in [0.5, 0.6) is 0 Å². The number of rotatable bonds is 3. The highest BCUT2D eigenvalue weighted by atomic mass is 19.1. The average Bonchev–Trinajstić information content (AvgIpc) is 2.60. The van der Waals surface area contributed by atoms with Crippen LogP contribution >= 0.6 is 0 Å². The summed E-state index contributed by atoms with van der Waals surface area (Å²) in [6.07, 6.45) is 1.39. The summed E-state index contributed by atoms with van der Waals surface area (Å²) in [4.78, 5) is 20.3. The Labute approximate surface area is 153 Å². The van der Waals surface area contributed by atoms with Gasteiger partial charge in [-0.3, -0.25) is 9.78 Å². The summed E-state index contributed by atoms with van der Waals surface area (Å²) in [7, 11) is 0. The minimum Gasteiger partial charge on any atom is -0.387 e. The van der Waals surface area contributed by atoms with Crippen LogP contribution in [-0.4, -0.2) is 16.7 Å². The molecule has 0 saturated carbocycles. The van der Waals surface area contributed by atoms with Crippen molar-refractivity contribution in [1.82, 2.24) is 4.98 Å². The molecule has 4 nitrogen and oxygen atoms in total. The zero-order chi connectivity index (χ0) is 19.7. The number of aliphatic imine (C=N–C) groups is 1. The summed E-state index contributed by atoms with van der Waals surface area (Å²) < 4.78 is 41.7. The van der Waals surface area contributed by atoms with Gasteiger partial charge in [-0.1, -0.05) is 13.8 Å². The van der Waals surface area contributed by atoms with Crippen molar-refractivity contribution < 1.29 is 18.0 Å². The van der Waals surface area contributed by atoms with Crippen LogP contribution in [0, 0.1) is 23.4 Å². The normalized spacial score (nSPS) is 12.0. The van der Waals surface area contributed by atoms with Crippen molar-refractivity contribution in [3.63, 3.8) is 0 Å². The molecule has 0 fully saturated rings. The van der Waals surface area contributed by atoms with Crippen LogP contribution in [0.15, 0.2) is 47.6 Å². The summed E-state index contributed by atoms with van der Waals surface area (Å²) in [6, 6.07) is 7.12. The van der Waals surface area contributed by atoms with Crippen LogP contribution in [0.3, 0.4) is 0 Å². The quantitative estimate of drug-likeness (QED) is 0.545. The molecule has 27 heavy (non-hydrogen) atoms. The number of fused-ring (bicyclic) bond motifs is 1. The van der Waals surface area contributed by atoms with Gasteiger partial charge in [0.2, 0.25) is 0 Å². The van der Waals surface area contributed by atoms with E-state index in [4.69, 9.17) is 5.73 Å². The fourth-order valence-corrected chi connectivity index (χ4v) is 2.61. The van der Waals surface area contributed by atoms with Crippen LogP contribution in [0.4, 0.5) is 13.2 Å². The number of halogens is 3. The van der Waals surface area contributed by atoms with E-state index in [-0.39, 0.29) is 22.9 Å². The molecule has 0 unspecified atom stereocenters. The second-order valence-corrected chi connectivity index (χ2v) is 6.33. The molecule has 1 aromatic heterocycles. The summed E-state index contributed by atoms with van der Waals surface area (Å²) in [5.41, 5.74) is 6.11. The van der Waals surface area contributed by atoms with E-state index >= 15 is 0 Å². The molecule has 0 radical (unpaired) electrons. The lowest BCUT2D eigenvalue weighted by Gasteiger charge is -2.10. The zero-order valence-corrected chi connectivity index (χ0v) is 14.6. The standard InChI is InChI=1S/C20H16F3N3O/c1-10(2)19(24)26-20(27)11-3-4-17-14(7-11)13(5-6-25-17)18-15(22)8-12(21)9-16(18)23/h3-10H,1-2H3,(H2,24,26,27). The Hall–Kier alpha value is -3.22. The molecular formula is C20H16F3N3O. The molecule has 2 N–H and O–H groups in total. The largest absolute Gasteiger partial charge is 0.387 e. The van der Waals surface area contributed by atoms with E-state index in [1.54, 1.807) is 19.9 Å². The number of amides is 1. The highest BCUT2D eigenvalue weighted by molar-refractivity contribution is 6.06. The van der Waals surface area contributed by atoms with Crippen molar-refractivity contribution in [2.75, 3.05) is 0 Å². The maximum absolute atomic E-state index is 14.2. The number of carbonyl (C=O) groups excluding carboxylic acids is 1. The van der Waals surface area contributed by atoms with Gasteiger partial charge in [0.05, 0.1) is 11.1 Å². The number of carbonyl (C=O) groups is 1. The maximum atomic E-state index is 14.2. The lowest BCUT2D eigenvalue weighted by molar-refractivity contribution is 0.100. The van der Waals surface area contributed by atoms with Crippen LogP contribution < -0.4 is 5.73 Å². The van der Waals surface area contributed by atoms with Gasteiger partial charge < -0.3 is 5.73 Å². The van der Waals surface area contributed by atoms with Crippen LogP contribution in [0.1, 0.15) is 24.2 Å². The number of nitrogens with two attached hydrogens (primary N) is 1. The molecule has 0 aliphatic carbocycles. The topological polar surface area (TPSA) is 68.3 Å². The summed E-state index contributed by atoms with van der Waals surface area (Å²) in [6.45, 7) is 3.60. The number of hydrogen-bond donors (Lipinski definition) is 1. The Balaban J connectivity index is 2.19. The van der Waals surface area contributed by atoms with Crippen molar-refractivity contribution >= 4 is 22.6 Å². The molecule has 7 heteroatoms. The summed E-state index contributed by atoms with van der Waals surface area (Å²) >= 11 is 0. The maximum Gasteiger partial charge on any atom is 0.278 e. The summed E-state index contributed by atoms with van der Waals surface area (Å²) in [5.74, 6) is -3.59. The van der Waals surface area contributed by atoms with E-state index in [1.807, 2.05) is 0 Å². The number of nitrogens with zero attached hydrogens (tertiary/aromatic N) is 2. The zero-order valence-electron chi connectivity index (χ0n) is 14.6. The van der Waals surface area contributed by atoms with E-state index in [1.165, 1.54) is 24.4 Å². The fourth-order valence-electron chi connectivity index (χ4n) is 2.61. The molecule has 3 aromatic rings. The highest BCUT2D eigenvalue weighted by Crippen LogP contribution is 2.32. The molecule has 0 aliphatic rings. The Kier molecular flexibility index (Phi) is 4.94. The average molecular weight is 371 g/mol. The molecule has 0 saturated heterocycles. The van der Waals surface area contributed by atoms with Crippen molar-refractivity contribution in [1.29, 1.82) is 0 Å². The third kappa shape index (κ3) is 3.67. The van der Waals surface area contributed by atoms with Gasteiger partial charge in [0.25, 0.3) is 5.91 Å². The Morgan fingerprint density at radius 3 is 2.37 bits per heavy atom. The van der Waals surface area contributed by atoms with Crippen molar-refractivity contribution in [2.24, 2.45) is 16.6 Å². The van der Waals surface area contributed by atoms with Gasteiger partial charge in [0.15, 0.2) is 0 Å². The molecule has 138 valence electrons. The van der Waals surface area contributed by atoms with E-state index in [0.717, 1.165) is 0 Å². The number of hydrogen-bond acceptors (Lipinski definition) is 2. The predicted octanol–water partition coefficient (Wildman–Crippen LogP) is 4.47.